The summed E-state index contributed by atoms with van der Waals surface area (Å²) in [5, 5.41) is 18.1. The van der Waals surface area contributed by atoms with Crippen LogP contribution in [-0.4, -0.2) is 33.7 Å². The van der Waals surface area contributed by atoms with E-state index in [-0.39, 0.29) is 0 Å². The van der Waals surface area contributed by atoms with Crippen LogP contribution in [0.1, 0.15) is 23.5 Å². The Morgan fingerprint density at radius 1 is 1.77 bits per heavy atom. The van der Waals surface area contributed by atoms with Crippen molar-refractivity contribution in [1.29, 1.82) is 0 Å². The predicted molar refractivity (Wildman–Crippen MR) is 47.8 cm³/mol. The second kappa shape index (κ2) is 4.20. The van der Waals surface area contributed by atoms with Gasteiger partial charge in [0.1, 0.15) is 0 Å². The second-order valence-corrected chi connectivity index (χ2v) is 2.03. The zero-order valence-corrected chi connectivity index (χ0v) is 6.35. The summed E-state index contributed by atoms with van der Waals surface area (Å²) < 4.78 is 61.5. The molecule has 1 aromatic heterocycles. The summed E-state index contributed by atoms with van der Waals surface area (Å²) in [6, 6.07) is -0.841. The monoisotopic (exact) mass is 190 g/mol. The first-order chi connectivity index (χ1) is 9.25. The van der Waals surface area contributed by atoms with Crippen LogP contribution in [0, 0.1) is 6.85 Å². The third-order valence-corrected chi connectivity index (χ3v) is 1.22. The molecule has 0 saturated carbocycles. The van der Waals surface area contributed by atoms with Gasteiger partial charge in [0, 0.05) is 25.6 Å². The van der Waals surface area contributed by atoms with E-state index in [4.69, 9.17) is 21.0 Å². The van der Waals surface area contributed by atoms with E-state index in [1.807, 2.05) is 0 Å². The lowest BCUT2D eigenvalue weighted by Crippen LogP contribution is -2.33. The molecule has 0 spiro atoms. The minimum atomic E-state index is -3.15. The van der Waals surface area contributed by atoms with E-state index in [0.717, 1.165) is 0 Å². The molecule has 0 unspecified atom stereocenters. The Morgan fingerprint density at radius 3 is 3.23 bits per heavy atom. The molecule has 70 valence electrons. The highest BCUT2D eigenvalue weighted by Crippen LogP contribution is 2.00. The average molecular weight is 190 g/mol. The predicted octanol–water partition coefficient (Wildman–Crippen LogP) is -1.14. The van der Waals surface area contributed by atoms with Crippen molar-refractivity contribution < 1.29 is 25.8 Å². The van der Waals surface area contributed by atoms with Crippen molar-refractivity contribution in [1.82, 2.24) is 9.97 Å². The third-order valence-electron chi connectivity index (χ3n) is 1.22. The lowest BCUT2D eigenvalue weighted by molar-refractivity contribution is 0.312. The van der Waals surface area contributed by atoms with Crippen LogP contribution < -0.4 is 10.2 Å². The minimum absolute atomic E-state index is 0.517. The Bertz CT molecular complexity index is 518. The smallest absolute Gasteiger partial charge is 0.464 e. The maximum atomic E-state index is 9.04. The van der Waals surface area contributed by atoms with Crippen molar-refractivity contribution in [3.05, 3.63) is 11.9 Å². The van der Waals surface area contributed by atoms with Gasteiger partial charge in [-0.05, 0) is 13.7 Å². The molecule has 0 radical (unpaired) electrons. The first-order valence-electron chi connectivity index (χ1n) is 7.18. The maximum Gasteiger partial charge on any atom is 0.491 e. The highest BCUT2D eigenvalue weighted by Gasteiger charge is 2.15. The molecular formula is C7H11BN2O3. The summed E-state index contributed by atoms with van der Waals surface area (Å²) in [6.45, 7) is -9.14. The Kier molecular flexibility index (Phi) is 1.15. The van der Waals surface area contributed by atoms with E-state index < -0.39 is 44.5 Å². The molecule has 0 aliphatic carbocycles. The normalized spacial score (nSPS) is 22.0. The fourth-order valence-corrected chi connectivity index (χ4v) is 0.659. The van der Waals surface area contributed by atoms with Crippen LogP contribution in [0.2, 0.25) is 0 Å². The zero-order valence-electron chi connectivity index (χ0n) is 14.4. The molecule has 6 heteroatoms. The lowest BCUT2D eigenvalue weighted by atomic mass is 9.80. The van der Waals surface area contributed by atoms with Crippen LogP contribution in [0.25, 0.3) is 0 Å². The van der Waals surface area contributed by atoms with E-state index in [9.17, 15) is 0 Å². The molecule has 0 aromatic carbocycles. The first-order valence-corrected chi connectivity index (χ1v) is 3.18. The largest absolute Gasteiger partial charge is 0.491 e. The summed E-state index contributed by atoms with van der Waals surface area (Å²) in [7, 11) is -2.16. The van der Waals surface area contributed by atoms with Crippen molar-refractivity contribution in [2.24, 2.45) is 0 Å². The maximum absolute atomic E-state index is 9.04. The molecule has 1 heterocycles. The summed E-state index contributed by atoms with van der Waals surface area (Å²) in [5.41, 5.74) is -1.29. The fourth-order valence-electron chi connectivity index (χ4n) is 0.659. The van der Waals surface area contributed by atoms with Crippen molar-refractivity contribution in [3.8, 4) is 6.01 Å². The number of rotatable bonds is 3. The Hall–Kier alpha value is -1.14. The highest BCUT2D eigenvalue weighted by atomic mass is 16.5. The van der Waals surface area contributed by atoms with Crippen molar-refractivity contribution in [3.63, 3.8) is 0 Å². The second-order valence-electron chi connectivity index (χ2n) is 2.03. The van der Waals surface area contributed by atoms with E-state index in [1.54, 1.807) is 0 Å². The Balaban J connectivity index is 3.24. The molecule has 0 bridgehead atoms. The van der Waals surface area contributed by atoms with Gasteiger partial charge in [0.2, 0.25) is 0 Å². The molecule has 5 nitrogen and oxygen atoms in total. The summed E-state index contributed by atoms with van der Waals surface area (Å²) in [6.07, 6.45) is 0.713. The van der Waals surface area contributed by atoms with Crippen LogP contribution in [0.3, 0.4) is 0 Å². The van der Waals surface area contributed by atoms with E-state index in [1.165, 1.54) is 0 Å². The van der Waals surface area contributed by atoms with Crippen LogP contribution >= 0.6 is 0 Å². The van der Waals surface area contributed by atoms with Crippen LogP contribution in [0.5, 0.6) is 6.01 Å². The molecule has 0 atom stereocenters. The van der Waals surface area contributed by atoms with E-state index >= 15 is 0 Å². The molecule has 0 saturated heterocycles. The molecule has 1 rings (SSSR count). The average Bonchev–Trinajstić information content (AvgIpc) is 2.25. The SMILES string of the molecule is [2H]C([2H])([2H])c1nc(OC([2H])([2H])C([2H])([2H])[2H])ncc1B(O)O. The van der Waals surface area contributed by atoms with Gasteiger partial charge in [-0.15, -0.1) is 0 Å². The quantitative estimate of drug-likeness (QED) is 0.589. The topological polar surface area (TPSA) is 75.5 Å². The van der Waals surface area contributed by atoms with Gasteiger partial charge in [-0.2, -0.15) is 0 Å². The Labute approximate surface area is 87.8 Å². The number of aromatic nitrogens is 2. The number of nitrogens with zero attached hydrogens (tertiary/aromatic N) is 2. The van der Waals surface area contributed by atoms with E-state index in [2.05, 4.69) is 14.7 Å². The van der Waals surface area contributed by atoms with Gasteiger partial charge >= 0.3 is 13.1 Å². The molecule has 0 aliphatic rings. The lowest BCUT2D eigenvalue weighted by Gasteiger charge is -2.05. The fraction of sp³-hybridized carbons (Fsp3) is 0.429. The van der Waals surface area contributed by atoms with Gasteiger partial charge in [-0.1, -0.05) is 0 Å². The molecule has 13 heavy (non-hydrogen) atoms. The number of hydrogen-bond acceptors (Lipinski definition) is 5. The molecule has 0 amide bonds. The highest BCUT2D eigenvalue weighted by molar-refractivity contribution is 6.58. The Morgan fingerprint density at radius 2 is 2.62 bits per heavy atom. The molecule has 0 aliphatic heterocycles. The van der Waals surface area contributed by atoms with Crippen molar-refractivity contribution in [2.45, 2.75) is 13.7 Å². The van der Waals surface area contributed by atoms with E-state index in [0.29, 0.717) is 6.20 Å². The summed E-state index contributed by atoms with van der Waals surface area (Å²) in [5.74, 6) is 0. The van der Waals surface area contributed by atoms with Crippen molar-refractivity contribution >= 4 is 12.6 Å². The molecule has 1 aromatic rings. The molecule has 2 N–H and O–H groups in total. The zero-order chi connectivity index (χ0) is 16.6. The van der Waals surface area contributed by atoms with Gasteiger partial charge in [0.05, 0.1) is 9.30 Å². The summed E-state index contributed by atoms with van der Waals surface area (Å²) in [4.78, 5) is 6.74. The van der Waals surface area contributed by atoms with Gasteiger partial charge < -0.3 is 14.8 Å². The van der Waals surface area contributed by atoms with Gasteiger partial charge in [-0.3, -0.25) is 0 Å². The van der Waals surface area contributed by atoms with Gasteiger partial charge in [0.15, 0.2) is 0 Å². The van der Waals surface area contributed by atoms with Crippen LogP contribution in [0.4, 0.5) is 0 Å². The van der Waals surface area contributed by atoms with Gasteiger partial charge in [-0.25, -0.2) is 9.97 Å². The van der Waals surface area contributed by atoms with Crippen LogP contribution in [-0.2, 0) is 0 Å². The third kappa shape index (κ3) is 2.40. The standard InChI is InChI=1S/C7H11BN2O3/c1-3-13-7-9-4-6(8(11)12)5(2)10-7/h4,11-12H,3H2,1-2H3/i1D3,2D3,3D2. The molecular weight excluding hydrogens is 171 g/mol. The summed E-state index contributed by atoms with van der Waals surface area (Å²) >= 11 is 0. The molecule has 0 fully saturated rings. The number of ether oxygens (including phenoxy) is 1. The number of aryl methyl sites for hydroxylation is 1. The minimum Gasteiger partial charge on any atom is -0.464 e. The van der Waals surface area contributed by atoms with Crippen LogP contribution in [0.15, 0.2) is 6.20 Å². The van der Waals surface area contributed by atoms with Crippen molar-refractivity contribution in [2.75, 3.05) is 6.56 Å². The first kappa shape index (κ1) is 3.55. The van der Waals surface area contributed by atoms with Gasteiger partial charge in [0.25, 0.3) is 0 Å². The number of hydrogen-bond donors (Lipinski definition) is 2.